The number of oxime groups is 1. The normalized spacial score (nSPS) is 21.1. The number of methoxy groups -OCH3 is 1. The van der Waals surface area contributed by atoms with Crippen molar-refractivity contribution in [3.63, 3.8) is 0 Å². The van der Waals surface area contributed by atoms with E-state index in [1.807, 2.05) is 0 Å². The van der Waals surface area contributed by atoms with Crippen LogP contribution in [0.2, 0.25) is 0 Å². The van der Waals surface area contributed by atoms with Crippen LogP contribution in [0.4, 0.5) is 0 Å². The number of carbonyl (C=O) groups excluding carboxylic acids is 1. The number of hydrogen-bond donors (Lipinski definition) is 3. The van der Waals surface area contributed by atoms with Gasteiger partial charge in [-0.2, -0.15) is 5.10 Å². The van der Waals surface area contributed by atoms with Gasteiger partial charge < -0.3 is 22.0 Å². The fourth-order valence-corrected chi connectivity index (χ4v) is 1.03. The SMILES string of the molecule is COCC(=O)N1ON=C(N)C1C(N)=NN. The zero-order valence-electron chi connectivity index (χ0n) is 8.08. The molecule has 1 rings (SSSR count). The monoisotopic (exact) mass is 216 g/mol. The van der Waals surface area contributed by atoms with Crippen LogP contribution in [0.15, 0.2) is 10.3 Å². The van der Waals surface area contributed by atoms with E-state index in [1.165, 1.54) is 7.11 Å². The molecule has 0 spiro atoms. The average Bonchev–Trinajstić information content (AvgIpc) is 2.59. The first-order valence-electron chi connectivity index (χ1n) is 3.96. The first kappa shape index (κ1) is 11.0. The van der Waals surface area contributed by atoms with E-state index in [1.54, 1.807) is 0 Å². The number of ether oxygens (including phenoxy) is 1. The Kier molecular flexibility index (Phi) is 3.29. The molecule has 84 valence electrons. The summed E-state index contributed by atoms with van der Waals surface area (Å²) in [5.41, 5.74) is 10.9. The van der Waals surface area contributed by atoms with Gasteiger partial charge in [-0.05, 0) is 5.16 Å². The number of rotatable bonds is 3. The third kappa shape index (κ3) is 2.07. The molecule has 0 fully saturated rings. The summed E-state index contributed by atoms with van der Waals surface area (Å²) in [7, 11) is 1.37. The summed E-state index contributed by atoms with van der Waals surface area (Å²) in [6.07, 6.45) is 0. The summed E-state index contributed by atoms with van der Waals surface area (Å²) in [6, 6.07) is -0.877. The zero-order valence-corrected chi connectivity index (χ0v) is 8.08. The van der Waals surface area contributed by atoms with Crippen molar-refractivity contribution >= 4 is 17.6 Å². The van der Waals surface area contributed by atoms with Gasteiger partial charge >= 0.3 is 0 Å². The highest BCUT2D eigenvalue weighted by molar-refractivity contribution is 6.10. The Morgan fingerprint density at radius 1 is 1.80 bits per heavy atom. The van der Waals surface area contributed by atoms with Gasteiger partial charge in [0.05, 0.1) is 0 Å². The van der Waals surface area contributed by atoms with Gasteiger partial charge in [0.2, 0.25) is 0 Å². The standard InChI is InChI=1S/C6H12N6O3/c1-14-2-3(13)12-4(5(7)10-9)6(8)11-15-12/h4H,2,9H2,1H3,(H2,7,10)(H2,8,11). The van der Waals surface area contributed by atoms with E-state index in [-0.39, 0.29) is 18.3 Å². The van der Waals surface area contributed by atoms with E-state index in [0.717, 1.165) is 5.06 Å². The molecule has 6 N–H and O–H groups in total. The van der Waals surface area contributed by atoms with Crippen molar-refractivity contribution in [3.8, 4) is 0 Å². The summed E-state index contributed by atoms with van der Waals surface area (Å²) in [6.45, 7) is -0.183. The summed E-state index contributed by atoms with van der Waals surface area (Å²) in [5, 5.41) is 7.48. The molecule has 15 heavy (non-hydrogen) atoms. The number of amides is 1. The zero-order chi connectivity index (χ0) is 11.4. The predicted octanol–water partition coefficient (Wildman–Crippen LogP) is -2.72. The van der Waals surface area contributed by atoms with Crippen LogP contribution in [0.25, 0.3) is 0 Å². The van der Waals surface area contributed by atoms with Crippen molar-refractivity contribution in [2.24, 2.45) is 27.6 Å². The smallest absolute Gasteiger partial charge is 0.284 e. The van der Waals surface area contributed by atoms with Gasteiger partial charge in [-0.1, -0.05) is 0 Å². The molecule has 1 heterocycles. The van der Waals surface area contributed by atoms with Crippen LogP contribution in [-0.4, -0.2) is 42.4 Å². The third-order valence-corrected chi connectivity index (χ3v) is 1.69. The van der Waals surface area contributed by atoms with Gasteiger partial charge in [-0.25, -0.2) is 0 Å². The van der Waals surface area contributed by atoms with Crippen LogP contribution in [0.1, 0.15) is 0 Å². The van der Waals surface area contributed by atoms with Crippen molar-refractivity contribution in [2.45, 2.75) is 6.04 Å². The Bertz CT molecular complexity index is 314. The first-order valence-corrected chi connectivity index (χ1v) is 3.96. The lowest BCUT2D eigenvalue weighted by Gasteiger charge is -2.19. The van der Waals surface area contributed by atoms with Gasteiger partial charge in [-0.3, -0.25) is 9.73 Å². The number of carbonyl (C=O) groups is 1. The van der Waals surface area contributed by atoms with Gasteiger partial charge in [0.25, 0.3) is 5.91 Å². The predicted molar refractivity (Wildman–Crippen MR) is 51.0 cm³/mol. The summed E-state index contributed by atoms with van der Waals surface area (Å²) in [5.74, 6) is 4.42. The molecule has 1 atom stereocenters. The quantitative estimate of drug-likeness (QED) is 0.202. The van der Waals surface area contributed by atoms with Crippen LogP contribution in [0.3, 0.4) is 0 Å². The van der Waals surface area contributed by atoms with Crippen molar-refractivity contribution in [2.75, 3.05) is 13.7 Å². The Labute approximate surface area is 85.4 Å². The molecule has 0 aromatic heterocycles. The van der Waals surface area contributed by atoms with E-state index in [4.69, 9.17) is 17.3 Å². The highest BCUT2D eigenvalue weighted by atomic mass is 16.8. The van der Waals surface area contributed by atoms with Crippen LogP contribution < -0.4 is 17.3 Å². The van der Waals surface area contributed by atoms with Crippen molar-refractivity contribution < 1.29 is 14.5 Å². The first-order chi connectivity index (χ1) is 7.11. The maximum atomic E-state index is 11.4. The lowest BCUT2D eigenvalue weighted by atomic mass is 10.2. The molecule has 0 aliphatic carbocycles. The Hall–Kier alpha value is -2.03. The fraction of sp³-hybridized carbons (Fsp3) is 0.500. The molecule has 9 nitrogen and oxygen atoms in total. The minimum absolute atomic E-state index is 0.00570. The number of nitrogens with two attached hydrogens (primary N) is 3. The van der Waals surface area contributed by atoms with Gasteiger partial charge in [0.15, 0.2) is 17.7 Å². The molecule has 0 aromatic rings. The lowest BCUT2D eigenvalue weighted by molar-refractivity contribution is -0.183. The van der Waals surface area contributed by atoms with Crippen molar-refractivity contribution in [1.29, 1.82) is 0 Å². The maximum Gasteiger partial charge on any atom is 0.284 e. The molecule has 0 aromatic carbocycles. The third-order valence-electron chi connectivity index (χ3n) is 1.69. The van der Waals surface area contributed by atoms with E-state index in [9.17, 15) is 4.79 Å². The molecular weight excluding hydrogens is 204 g/mol. The molecule has 0 saturated heterocycles. The van der Waals surface area contributed by atoms with Gasteiger partial charge in [-0.15, -0.1) is 5.06 Å². The van der Waals surface area contributed by atoms with E-state index in [2.05, 4.69) is 19.9 Å². The average molecular weight is 216 g/mol. The summed E-state index contributed by atoms with van der Waals surface area (Å²) < 4.78 is 4.64. The number of hydrogen-bond acceptors (Lipinski definition) is 7. The molecule has 0 bridgehead atoms. The number of nitrogens with zero attached hydrogens (tertiary/aromatic N) is 3. The number of amidine groups is 2. The molecule has 0 radical (unpaired) electrons. The summed E-state index contributed by atoms with van der Waals surface area (Å²) >= 11 is 0. The Morgan fingerprint density at radius 2 is 2.47 bits per heavy atom. The lowest BCUT2D eigenvalue weighted by Crippen LogP contribution is -2.51. The fourth-order valence-electron chi connectivity index (χ4n) is 1.03. The van der Waals surface area contributed by atoms with Crippen LogP contribution >= 0.6 is 0 Å². The van der Waals surface area contributed by atoms with Crippen LogP contribution in [0.5, 0.6) is 0 Å². The van der Waals surface area contributed by atoms with Crippen LogP contribution in [-0.2, 0) is 14.5 Å². The Morgan fingerprint density at radius 3 is 3.00 bits per heavy atom. The topological polar surface area (TPSA) is 142 Å². The molecule has 1 aliphatic rings. The number of hydrazone groups is 1. The largest absolute Gasteiger partial charge is 0.383 e. The number of hydroxylamine groups is 2. The minimum Gasteiger partial charge on any atom is -0.383 e. The molecule has 9 heteroatoms. The van der Waals surface area contributed by atoms with E-state index >= 15 is 0 Å². The molecule has 1 unspecified atom stereocenters. The van der Waals surface area contributed by atoms with Crippen LogP contribution in [0, 0.1) is 0 Å². The van der Waals surface area contributed by atoms with Gasteiger partial charge in [0, 0.05) is 7.11 Å². The Balaban J connectivity index is 2.80. The second-order valence-electron chi connectivity index (χ2n) is 2.71. The van der Waals surface area contributed by atoms with Crippen molar-refractivity contribution in [1.82, 2.24) is 5.06 Å². The maximum absolute atomic E-state index is 11.4. The molecule has 1 amide bonds. The molecule has 1 aliphatic heterocycles. The minimum atomic E-state index is -0.877. The second kappa shape index (κ2) is 4.46. The molecular formula is C6H12N6O3. The van der Waals surface area contributed by atoms with Crippen molar-refractivity contribution in [3.05, 3.63) is 0 Å². The summed E-state index contributed by atoms with van der Waals surface area (Å²) in [4.78, 5) is 16.1. The molecule has 0 saturated carbocycles. The van der Waals surface area contributed by atoms with E-state index < -0.39 is 11.9 Å². The van der Waals surface area contributed by atoms with E-state index in [0.29, 0.717) is 0 Å². The van der Waals surface area contributed by atoms with Gasteiger partial charge in [0.1, 0.15) is 6.61 Å². The highest BCUT2D eigenvalue weighted by Gasteiger charge is 2.37. The second-order valence-corrected chi connectivity index (χ2v) is 2.71. The highest BCUT2D eigenvalue weighted by Crippen LogP contribution is 2.10.